The zero-order valence-electron chi connectivity index (χ0n) is 21.3. The van der Waals surface area contributed by atoms with Crippen molar-refractivity contribution in [1.29, 1.82) is 0 Å². The van der Waals surface area contributed by atoms with Gasteiger partial charge in [0.05, 0.1) is 18.6 Å². The molecular weight excluding hydrogens is 466 g/mol. The number of para-hydroxylation sites is 2. The van der Waals surface area contributed by atoms with Gasteiger partial charge < -0.3 is 15.0 Å². The van der Waals surface area contributed by atoms with Crippen LogP contribution in [0.3, 0.4) is 0 Å². The molecule has 0 fully saturated rings. The van der Waals surface area contributed by atoms with Gasteiger partial charge in [0.25, 0.3) is 0 Å². The number of hydrogen-bond donors (Lipinski definition) is 1. The van der Waals surface area contributed by atoms with Gasteiger partial charge in [0, 0.05) is 26.1 Å². The van der Waals surface area contributed by atoms with Crippen molar-refractivity contribution in [3.63, 3.8) is 0 Å². The molecule has 35 heavy (non-hydrogen) atoms. The maximum absolute atomic E-state index is 13.3. The fraction of sp³-hybridized carbons (Fsp3) is 0.462. The molecule has 0 saturated heterocycles. The summed E-state index contributed by atoms with van der Waals surface area (Å²) in [5.41, 5.74) is 2.43. The molecule has 2 amide bonds. The quantitative estimate of drug-likeness (QED) is 0.451. The molecule has 8 nitrogen and oxygen atoms in total. The zero-order chi connectivity index (χ0) is 26.0. The summed E-state index contributed by atoms with van der Waals surface area (Å²) in [6.45, 7) is 8.62. The molecule has 0 saturated carbocycles. The number of rotatable bonds is 13. The number of carbonyl (C=O) groups excluding carboxylic acids is 2. The average molecular weight is 504 g/mol. The predicted molar refractivity (Wildman–Crippen MR) is 139 cm³/mol. The summed E-state index contributed by atoms with van der Waals surface area (Å²) in [4.78, 5) is 27.4. The second kappa shape index (κ2) is 13.1. The number of sulfonamides is 1. The number of benzene rings is 2. The smallest absolute Gasteiger partial charge is 0.242 e. The summed E-state index contributed by atoms with van der Waals surface area (Å²) >= 11 is 0. The van der Waals surface area contributed by atoms with Gasteiger partial charge in [-0.15, -0.1) is 0 Å². The first-order chi connectivity index (χ1) is 16.6. The predicted octanol–water partition coefficient (Wildman–Crippen LogP) is 3.49. The summed E-state index contributed by atoms with van der Waals surface area (Å²) in [5.74, 6) is 0.0363. The minimum absolute atomic E-state index is 0.0957. The number of anilines is 1. The molecule has 0 spiro atoms. The Hall–Kier alpha value is -3.07. The second-order valence-corrected chi connectivity index (χ2v) is 10.3. The Kier molecular flexibility index (Phi) is 10.6. The third-order valence-corrected chi connectivity index (χ3v) is 6.89. The molecule has 0 bridgehead atoms. The standard InChI is InChI=1S/C26H37N3O5S/c1-6-27-26(31)21(4)28(19-22-14-9-8-13-20(22)3)25(30)17-12-18-29(35(5,32)33)23-15-10-11-16-24(23)34-7-2/h8-11,13-16,21H,6-7,12,17-19H2,1-5H3,(H,27,31)/t21-/m0/s1. The van der Waals surface area contributed by atoms with E-state index in [1.54, 1.807) is 36.1 Å². The Labute approximate surface area is 209 Å². The van der Waals surface area contributed by atoms with Crippen molar-refractivity contribution < 1.29 is 22.7 Å². The molecule has 0 unspecified atom stereocenters. The highest BCUT2D eigenvalue weighted by molar-refractivity contribution is 7.92. The van der Waals surface area contributed by atoms with Crippen molar-refractivity contribution in [2.45, 2.75) is 53.1 Å². The van der Waals surface area contributed by atoms with E-state index < -0.39 is 16.1 Å². The second-order valence-electron chi connectivity index (χ2n) is 8.36. The Morgan fingerprint density at radius 2 is 1.71 bits per heavy atom. The maximum atomic E-state index is 13.3. The molecule has 0 radical (unpaired) electrons. The van der Waals surface area contributed by atoms with Crippen LogP contribution in [-0.4, -0.2) is 57.1 Å². The summed E-state index contributed by atoms with van der Waals surface area (Å²) in [6, 6.07) is 14.0. The SMILES string of the molecule is CCNC(=O)[C@H](C)N(Cc1ccccc1C)C(=O)CCCN(c1ccccc1OCC)S(C)(=O)=O. The summed E-state index contributed by atoms with van der Waals surface area (Å²) in [6.07, 6.45) is 1.52. The molecule has 1 N–H and O–H groups in total. The number of hydrogen-bond acceptors (Lipinski definition) is 5. The van der Waals surface area contributed by atoms with Crippen molar-refractivity contribution in [3.8, 4) is 5.75 Å². The van der Waals surface area contributed by atoms with Crippen LogP contribution in [-0.2, 0) is 26.2 Å². The van der Waals surface area contributed by atoms with E-state index in [0.717, 1.165) is 17.4 Å². The van der Waals surface area contributed by atoms with Crippen LogP contribution in [0.2, 0.25) is 0 Å². The lowest BCUT2D eigenvalue weighted by molar-refractivity contribution is -0.140. The number of nitrogens with zero attached hydrogens (tertiary/aromatic N) is 2. The van der Waals surface area contributed by atoms with Gasteiger partial charge >= 0.3 is 0 Å². The van der Waals surface area contributed by atoms with E-state index in [1.807, 2.05) is 45.0 Å². The fourth-order valence-electron chi connectivity index (χ4n) is 3.80. The van der Waals surface area contributed by atoms with Gasteiger partial charge in [-0.2, -0.15) is 0 Å². The maximum Gasteiger partial charge on any atom is 0.242 e. The van der Waals surface area contributed by atoms with E-state index in [4.69, 9.17) is 4.74 Å². The largest absolute Gasteiger partial charge is 0.492 e. The average Bonchev–Trinajstić information content (AvgIpc) is 2.81. The van der Waals surface area contributed by atoms with E-state index >= 15 is 0 Å². The Morgan fingerprint density at radius 3 is 2.34 bits per heavy atom. The zero-order valence-corrected chi connectivity index (χ0v) is 22.1. The summed E-state index contributed by atoms with van der Waals surface area (Å²) in [5, 5.41) is 2.78. The monoisotopic (exact) mass is 503 g/mol. The van der Waals surface area contributed by atoms with Crippen LogP contribution in [0.25, 0.3) is 0 Å². The molecule has 2 aromatic carbocycles. The van der Waals surface area contributed by atoms with Gasteiger partial charge in [-0.1, -0.05) is 36.4 Å². The molecule has 9 heteroatoms. The number of likely N-dealkylation sites (N-methyl/N-ethyl adjacent to an activating group) is 1. The van der Waals surface area contributed by atoms with Gasteiger partial charge in [-0.25, -0.2) is 8.42 Å². The fourth-order valence-corrected chi connectivity index (χ4v) is 4.77. The van der Waals surface area contributed by atoms with E-state index in [1.165, 1.54) is 4.31 Å². The number of aryl methyl sites for hydroxylation is 1. The van der Waals surface area contributed by atoms with Crippen molar-refractivity contribution >= 4 is 27.5 Å². The van der Waals surface area contributed by atoms with Gasteiger partial charge in [0.15, 0.2) is 0 Å². The van der Waals surface area contributed by atoms with Gasteiger partial charge in [0.2, 0.25) is 21.8 Å². The number of nitrogens with one attached hydrogen (secondary N) is 1. The van der Waals surface area contributed by atoms with E-state index in [2.05, 4.69) is 5.32 Å². The van der Waals surface area contributed by atoms with E-state index in [-0.39, 0.29) is 24.8 Å². The molecule has 0 aliphatic heterocycles. The Morgan fingerprint density at radius 1 is 1.06 bits per heavy atom. The van der Waals surface area contributed by atoms with Crippen LogP contribution in [0.5, 0.6) is 5.75 Å². The first-order valence-corrected chi connectivity index (χ1v) is 13.8. The molecule has 0 heterocycles. The Bertz CT molecular complexity index is 1100. The van der Waals surface area contributed by atoms with Crippen LogP contribution < -0.4 is 14.4 Å². The molecule has 2 rings (SSSR count). The molecule has 192 valence electrons. The highest BCUT2D eigenvalue weighted by Crippen LogP contribution is 2.30. The first kappa shape index (κ1) is 28.2. The molecular formula is C26H37N3O5S. The molecule has 0 aromatic heterocycles. The lowest BCUT2D eigenvalue weighted by Crippen LogP contribution is -2.47. The van der Waals surface area contributed by atoms with E-state index in [9.17, 15) is 18.0 Å². The van der Waals surface area contributed by atoms with Crippen molar-refractivity contribution in [2.75, 3.05) is 30.3 Å². The third kappa shape index (κ3) is 7.99. The molecule has 0 aliphatic carbocycles. The number of carbonyl (C=O) groups is 2. The van der Waals surface area contributed by atoms with Crippen LogP contribution in [0.1, 0.15) is 44.7 Å². The van der Waals surface area contributed by atoms with Crippen LogP contribution in [0.4, 0.5) is 5.69 Å². The minimum atomic E-state index is -3.60. The van der Waals surface area contributed by atoms with E-state index in [0.29, 0.717) is 37.6 Å². The highest BCUT2D eigenvalue weighted by atomic mass is 32.2. The van der Waals surface area contributed by atoms with Crippen molar-refractivity contribution in [3.05, 3.63) is 59.7 Å². The normalized spacial score (nSPS) is 12.0. The number of ether oxygens (including phenoxy) is 1. The van der Waals surface area contributed by atoms with Gasteiger partial charge in [-0.05, 0) is 57.4 Å². The number of amides is 2. The lowest BCUT2D eigenvalue weighted by atomic mass is 10.1. The van der Waals surface area contributed by atoms with Gasteiger partial charge in [-0.3, -0.25) is 13.9 Å². The van der Waals surface area contributed by atoms with Crippen molar-refractivity contribution in [2.24, 2.45) is 0 Å². The molecule has 0 aliphatic rings. The van der Waals surface area contributed by atoms with Crippen LogP contribution in [0.15, 0.2) is 48.5 Å². The summed E-state index contributed by atoms with van der Waals surface area (Å²) in [7, 11) is -3.60. The van der Waals surface area contributed by atoms with Gasteiger partial charge in [0.1, 0.15) is 11.8 Å². The van der Waals surface area contributed by atoms with Crippen LogP contribution in [0, 0.1) is 6.92 Å². The highest BCUT2D eigenvalue weighted by Gasteiger charge is 2.27. The third-order valence-electron chi connectivity index (χ3n) is 5.71. The van der Waals surface area contributed by atoms with Crippen molar-refractivity contribution in [1.82, 2.24) is 10.2 Å². The molecule has 2 aromatic rings. The first-order valence-electron chi connectivity index (χ1n) is 11.9. The topological polar surface area (TPSA) is 96.0 Å². The van der Waals surface area contributed by atoms with Crippen LogP contribution >= 0.6 is 0 Å². The minimum Gasteiger partial charge on any atom is -0.492 e. The lowest BCUT2D eigenvalue weighted by Gasteiger charge is -2.30. The molecule has 1 atom stereocenters. The Balaban J connectivity index is 2.20. The summed E-state index contributed by atoms with van der Waals surface area (Å²) < 4.78 is 32.0.